The standard InChI is InChI=1S/C17H36N4O2/c1-5-18-17(19-7-6-10-22-4)20-14-16(13-15(2)3)21-8-11-23-12-9-21/h15-16H,5-14H2,1-4H3,(H2,18,19,20). The highest BCUT2D eigenvalue weighted by Crippen LogP contribution is 2.14. The molecule has 0 aromatic heterocycles. The molecule has 1 aliphatic rings. The number of aliphatic imine (C=N–C) groups is 1. The molecule has 136 valence electrons. The highest BCUT2D eigenvalue weighted by Gasteiger charge is 2.21. The maximum absolute atomic E-state index is 5.48. The van der Waals surface area contributed by atoms with Crippen molar-refractivity contribution < 1.29 is 9.47 Å². The molecule has 6 heteroatoms. The molecular formula is C17H36N4O2. The predicted octanol–water partition coefficient (Wildman–Crippen LogP) is 1.32. The van der Waals surface area contributed by atoms with E-state index in [2.05, 4.69) is 36.3 Å². The number of methoxy groups -OCH3 is 1. The van der Waals surface area contributed by atoms with Crippen molar-refractivity contribution in [3.05, 3.63) is 0 Å². The molecule has 23 heavy (non-hydrogen) atoms. The van der Waals surface area contributed by atoms with Crippen molar-refractivity contribution in [2.45, 2.75) is 39.7 Å². The normalized spacial score (nSPS) is 18.2. The number of rotatable bonds is 10. The fourth-order valence-corrected chi connectivity index (χ4v) is 2.79. The van der Waals surface area contributed by atoms with Crippen LogP contribution in [0.1, 0.15) is 33.6 Å². The molecule has 0 amide bonds. The van der Waals surface area contributed by atoms with Gasteiger partial charge in [-0.25, -0.2) is 0 Å². The first-order valence-corrected chi connectivity index (χ1v) is 9.00. The minimum atomic E-state index is 0.494. The van der Waals surface area contributed by atoms with Crippen LogP contribution in [0.15, 0.2) is 4.99 Å². The number of morpholine rings is 1. The van der Waals surface area contributed by atoms with Gasteiger partial charge in [-0.2, -0.15) is 0 Å². The Labute approximate surface area is 142 Å². The minimum Gasteiger partial charge on any atom is -0.385 e. The lowest BCUT2D eigenvalue weighted by Gasteiger charge is -2.34. The Bertz CT molecular complexity index is 318. The third-order valence-corrected chi connectivity index (χ3v) is 3.93. The molecule has 0 bridgehead atoms. The monoisotopic (exact) mass is 328 g/mol. The molecule has 1 aliphatic heterocycles. The van der Waals surface area contributed by atoms with Crippen LogP contribution < -0.4 is 10.6 Å². The topological polar surface area (TPSA) is 58.1 Å². The van der Waals surface area contributed by atoms with E-state index in [1.807, 2.05) is 0 Å². The van der Waals surface area contributed by atoms with E-state index in [9.17, 15) is 0 Å². The lowest BCUT2D eigenvalue weighted by atomic mass is 10.0. The zero-order valence-corrected chi connectivity index (χ0v) is 15.4. The largest absolute Gasteiger partial charge is 0.385 e. The zero-order chi connectivity index (χ0) is 16.9. The number of hydrogen-bond donors (Lipinski definition) is 2. The molecule has 1 saturated heterocycles. The lowest BCUT2D eigenvalue weighted by Crippen LogP contribution is -2.46. The van der Waals surface area contributed by atoms with E-state index >= 15 is 0 Å². The van der Waals surface area contributed by atoms with Crippen LogP contribution in [0, 0.1) is 5.92 Å². The molecule has 1 rings (SSSR count). The van der Waals surface area contributed by atoms with E-state index in [0.717, 1.165) is 64.9 Å². The smallest absolute Gasteiger partial charge is 0.191 e. The van der Waals surface area contributed by atoms with Gasteiger partial charge in [0.05, 0.1) is 19.8 Å². The van der Waals surface area contributed by atoms with Crippen LogP contribution in [0.4, 0.5) is 0 Å². The molecule has 6 nitrogen and oxygen atoms in total. The Morgan fingerprint density at radius 3 is 2.61 bits per heavy atom. The SMILES string of the molecule is CCNC(=NCC(CC(C)C)N1CCOCC1)NCCCOC. The molecule has 0 spiro atoms. The van der Waals surface area contributed by atoms with Gasteiger partial charge in [0, 0.05) is 45.9 Å². The Morgan fingerprint density at radius 2 is 2.00 bits per heavy atom. The minimum absolute atomic E-state index is 0.494. The van der Waals surface area contributed by atoms with Gasteiger partial charge in [0.15, 0.2) is 5.96 Å². The number of hydrogen-bond acceptors (Lipinski definition) is 4. The molecule has 1 atom stereocenters. The first-order chi connectivity index (χ1) is 11.2. The highest BCUT2D eigenvalue weighted by atomic mass is 16.5. The third kappa shape index (κ3) is 9.13. The Morgan fingerprint density at radius 1 is 1.26 bits per heavy atom. The van der Waals surface area contributed by atoms with Crippen molar-refractivity contribution in [3.63, 3.8) is 0 Å². The average Bonchev–Trinajstić information content (AvgIpc) is 2.55. The van der Waals surface area contributed by atoms with E-state index in [1.54, 1.807) is 7.11 Å². The fourth-order valence-electron chi connectivity index (χ4n) is 2.79. The number of ether oxygens (including phenoxy) is 2. The summed E-state index contributed by atoms with van der Waals surface area (Å²) < 4.78 is 10.6. The van der Waals surface area contributed by atoms with Gasteiger partial charge < -0.3 is 20.1 Å². The lowest BCUT2D eigenvalue weighted by molar-refractivity contribution is 0.0143. The second-order valence-corrected chi connectivity index (χ2v) is 6.42. The van der Waals surface area contributed by atoms with Gasteiger partial charge in [-0.05, 0) is 25.7 Å². The number of nitrogens with one attached hydrogen (secondary N) is 2. The van der Waals surface area contributed by atoms with Crippen molar-refractivity contribution >= 4 is 5.96 Å². The van der Waals surface area contributed by atoms with E-state index < -0.39 is 0 Å². The maximum Gasteiger partial charge on any atom is 0.191 e. The van der Waals surface area contributed by atoms with Gasteiger partial charge in [-0.1, -0.05) is 13.8 Å². The molecule has 0 aromatic rings. The second-order valence-electron chi connectivity index (χ2n) is 6.42. The second kappa shape index (κ2) is 12.6. The summed E-state index contributed by atoms with van der Waals surface area (Å²) in [5, 5.41) is 6.71. The van der Waals surface area contributed by atoms with Crippen LogP contribution in [0.25, 0.3) is 0 Å². The molecule has 1 fully saturated rings. The molecular weight excluding hydrogens is 292 g/mol. The molecule has 0 radical (unpaired) electrons. The summed E-state index contributed by atoms with van der Waals surface area (Å²) in [6, 6.07) is 0.494. The van der Waals surface area contributed by atoms with Crippen LogP contribution in [0.5, 0.6) is 0 Å². The van der Waals surface area contributed by atoms with E-state index in [1.165, 1.54) is 6.42 Å². The quantitative estimate of drug-likeness (QED) is 0.360. The molecule has 1 unspecified atom stereocenters. The summed E-state index contributed by atoms with van der Waals surface area (Å²) >= 11 is 0. The molecule has 0 aromatic carbocycles. The predicted molar refractivity (Wildman–Crippen MR) is 96.1 cm³/mol. The average molecular weight is 329 g/mol. The van der Waals surface area contributed by atoms with Gasteiger partial charge >= 0.3 is 0 Å². The molecule has 0 saturated carbocycles. The van der Waals surface area contributed by atoms with Crippen LogP contribution >= 0.6 is 0 Å². The van der Waals surface area contributed by atoms with Crippen molar-refractivity contribution in [2.75, 3.05) is 59.7 Å². The summed E-state index contributed by atoms with van der Waals surface area (Å²) in [6.45, 7) is 13.7. The Hall–Kier alpha value is -0.850. The van der Waals surface area contributed by atoms with E-state index in [0.29, 0.717) is 12.0 Å². The first-order valence-electron chi connectivity index (χ1n) is 9.00. The van der Waals surface area contributed by atoms with Gasteiger partial charge in [0.25, 0.3) is 0 Å². The number of guanidine groups is 1. The van der Waals surface area contributed by atoms with Crippen LogP contribution in [0.3, 0.4) is 0 Å². The maximum atomic E-state index is 5.48. The highest BCUT2D eigenvalue weighted by molar-refractivity contribution is 5.79. The third-order valence-electron chi connectivity index (χ3n) is 3.93. The number of nitrogens with zero attached hydrogens (tertiary/aromatic N) is 2. The molecule has 1 heterocycles. The first kappa shape index (κ1) is 20.2. The zero-order valence-electron chi connectivity index (χ0n) is 15.4. The summed E-state index contributed by atoms with van der Waals surface area (Å²) in [5.41, 5.74) is 0. The van der Waals surface area contributed by atoms with Crippen molar-refractivity contribution in [3.8, 4) is 0 Å². The fraction of sp³-hybridized carbons (Fsp3) is 0.941. The van der Waals surface area contributed by atoms with E-state index in [4.69, 9.17) is 14.5 Å². The summed E-state index contributed by atoms with van der Waals surface area (Å²) in [5.74, 6) is 1.58. The van der Waals surface area contributed by atoms with Crippen molar-refractivity contribution in [1.29, 1.82) is 0 Å². The van der Waals surface area contributed by atoms with E-state index in [-0.39, 0.29) is 0 Å². The van der Waals surface area contributed by atoms with Crippen molar-refractivity contribution in [1.82, 2.24) is 15.5 Å². The summed E-state index contributed by atoms with van der Waals surface area (Å²) in [7, 11) is 1.73. The van der Waals surface area contributed by atoms with Crippen molar-refractivity contribution in [2.24, 2.45) is 10.9 Å². The Balaban J connectivity index is 2.54. The Kier molecular flexibility index (Phi) is 11.0. The van der Waals surface area contributed by atoms with Gasteiger partial charge in [-0.3, -0.25) is 9.89 Å². The van der Waals surface area contributed by atoms with Crippen LogP contribution in [-0.4, -0.2) is 76.6 Å². The van der Waals surface area contributed by atoms with Gasteiger partial charge in [-0.15, -0.1) is 0 Å². The summed E-state index contributed by atoms with van der Waals surface area (Å²) in [6.07, 6.45) is 2.16. The van der Waals surface area contributed by atoms with Crippen LogP contribution in [0.2, 0.25) is 0 Å². The van der Waals surface area contributed by atoms with Gasteiger partial charge in [0.1, 0.15) is 0 Å². The summed E-state index contributed by atoms with van der Waals surface area (Å²) in [4.78, 5) is 7.34. The molecule has 0 aliphatic carbocycles. The molecule has 2 N–H and O–H groups in total. The van der Waals surface area contributed by atoms with Crippen LogP contribution in [-0.2, 0) is 9.47 Å². The van der Waals surface area contributed by atoms with Gasteiger partial charge in [0.2, 0.25) is 0 Å².